The van der Waals surface area contributed by atoms with Crippen LogP contribution in [0.5, 0.6) is 0 Å². The molecule has 1 atom stereocenters. The lowest BCUT2D eigenvalue weighted by molar-refractivity contribution is 0.203. The van der Waals surface area contributed by atoms with E-state index in [0.717, 1.165) is 11.3 Å². The molecule has 5 nitrogen and oxygen atoms in total. The van der Waals surface area contributed by atoms with Crippen molar-refractivity contribution in [3.8, 4) is 0 Å². The topological polar surface area (TPSA) is 50.2 Å². The third-order valence-electron chi connectivity index (χ3n) is 4.63. The van der Waals surface area contributed by atoms with Gasteiger partial charge in [0.15, 0.2) is 0 Å². The summed E-state index contributed by atoms with van der Waals surface area (Å²) in [6, 6.07) is 17.8. The highest BCUT2D eigenvalue weighted by Crippen LogP contribution is 2.33. The molecule has 0 saturated carbocycles. The smallest absolute Gasteiger partial charge is 0.319 e. The second-order valence-electron chi connectivity index (χ2n) is 6.38. The lowest BCUT2D eigenvalue weighted by atomic mass is 9.86. The van der Waals surface area contributed by atoms with Crippen molar-refractivity contribution in [1.82, 2.24) is 14.7 Å². The maximum atomic E-state index is 12.8. The van der Waals surface area contributed by atoms with Gasteiger partial charge in [0, 0.05) is 37.9 Å². The minimum atomic E-state index is -0.0745. The van der Waals surface area contributed by atoms with Crippen molar-refractivity contribution in [1.29, 1.82) is 0 Å². The molecule has 2 aromatic carbocycles. The minimum Gasteiger partial charge on any atom is -0.319 e. The molecule has 0 radical (unpaired) electrons. The van der Waals surface area contributed by atoms with Gasteiger partial charge in [-0.3, -0.25) is 4.68 Å². The zero-order valence-corrected chi connectivity index (χ0v) is 14.1. The molecule has 0 fully saturated rings. The first-order valence-corrected chi connectivity index (χ1v) is 8.38. The van der Waals surface area contributed by atoms with Crippen molar-refractivity contribution in [2.24, 2.45) is 7.05 Å². The molecule has 0 bridgehead atoms. The van der Waals surface area contributed by atoms with E-state index in [1.807, 2.05) is 60.7 Å². The van der Waals surface area contributed by atoms with Gasteiger partial charge in [-0.25, -0.2) is 4.79 Å². The van der Waals surface area contributed by atoms with E-state index >= 15 is 0 Å². The highest BCUT2D eigenvalue weighted by atomic mass is 16.2. The summed E-state index contributed by atoms with van der Waals surface area (Å²) in [6.07, 6.45) is 3.92. The summed E-state index contributed by atoms with van der Waals surface area (Å²) in [5.41, 5.74) is 4.40. The molecule has 126 valence electrons. The highest BCUT2D eigenvalue weighted by Gasteiger charge is 2.29. The maximum Gasteiger partial charge on any atom is 0.322 e. The number of para-hydroxylation sites is 1. The predicted molar refractivity (Wildman–Crippen MR) is 97.4 cm³/mol. The molecule has 3 aromatic rings. The molecule has 5 heteroatoms. The van der Waals surface area contributed by atoms with Crippen LogP contribution in [0.25, 0.3) is 0 Å². The monoisotopic (exact) mass is 332 g/mol. The quantitative estimate of drug-likeness (QED) is 0.779. The summed E-state index contributed by atoms with van der Waals surface area (Å²) < 4.78 is 1.81. The molecule has 4 rings (SSSR count). The summed E-state index contributed by atoms with van der Waals surface area (Å²) in [4.78, 5) is 14.6. The molecule has 1 unspecified atom stereocenters. The number of carbonyl (C=O) groups excluding carboxylic acids is 1. The molecule has 1 aliphatic heterocycles. The van der Waals surface area contributed by atoms with Crippen LogP contribution in [0.15, 0.2) is 67.0 Å². The van der Waals surface area contributed by atoms with Gasteiger partial charge in [-0.1, -0.05) is 42.5 Å². The molecule has 0 aliphatic carbocycles. The van der Waals surface area contributed by atoms with Gasteiger partial charge in [-0.05, 0) is 28.8 Å². The Morgan fingerprint density at radius 1 is 1.12 bits per heavy atom. The van der Waals surface area contributed by atoms with E-state index < -0.39 is 0 Å². The molecular formula is C20H20N4O. The fourth-order valence-corrected chi connectivity index (χ4v) is 3.39. The van der Waals surface area contributed by atoms with E-state index in [-0.39, 0.29) is 11.9 Å². The first kappa shape index (κ1) is 15.4. The first-order chi connectivity index (χ1) is 12.2. The van der Waals surface area contributed by atoms with Gasteiger partial charge in [-0.2, -0.15) is 5.10 Å². The number of hydrogen-bond acceptors (Lipinski definition) is 2. The van der Waals surface area contributed by atoms with Crippen LogP contribution in [-0.2, 0) is 13.6 Å². The van der Waals surface area contributed by atoms with Crippen LogP contribution in [0, 0.1) is 0 Å². The number of aryl methyl sites for hydroxylation is 1. The number of nitrogens with zero attached hydrogens (tertiary/aromatic N) is 3. The summed E-state index contributed by atoms with van der Waals surface area (Å²) in [5, 5.41) is 7.29. The second-order valence-corrected chi connectivity index (χ2v) is 6.38. The minimum absolute atomic E-state index is 0.0745. The van der Waals surface area contributed by atoms with Gasteiger partial charge in [0.1, 0.15) is 0 Å². The van der Waals surface area contributed by atoms with Crippen LogP contribution in [0.2, 0.25) is 0 Å². The Hall–Kier alpha value is -3.08. The Labute approximate surface area is 146 Å². The molecule has 2 amide bonds. The van der Waals surface area contributed by atoms with Crippen LogP contribution in [0.1, 0.15) is 22.6 Å². The number of hydrogen-bond donors (Lipinski definition) is 1. The molecule has 1 N–H and O–H groups in total. The number of nitrogens with one attached hydrogen (secondary N) is 1. The highest BCUT2D eigenvalue weighted by molar-refractivity contribution is 5.89. The molecule has 2 heterocycles. The Morgan fingerprint density at radius 3 is 2.64 bits per heavy atom. The lowest BCUT2D eigenvalue weighted by Gasteiger charge is -2.34. The van der Waals surface area contributed by atoms with Crippen molar-refractivity contribution in [3.05, 3.63) is 83.7 Å². The predicted octanol–water partition coefficient (Wildman–Crippen LogP) is 3.60. The molecular weight excluding hydrogens is 312 g/mol. The number of amides is 2. The van der Waals surface area contributed by atoms with E-state index in [0.29, 0.717) is 13.1 Å². The van der Waals surface area contributed by atoms with Crippen LogP contribution in [-0.4, -0.2) is 27.3 Å². The van der Waals surface area contributed by atoms with Crippen molar-refractivity contribution in [2.45, 2.75) is 12.5 Å². The Morgan fingerprint density at radius 2 is 1.88 bits per heavy atom. The second kappa shape index (κ2) is 6.43. The third-order valence-corrected chi connectivity index (χ3v) is 4.63. The summed E-state index contributed by atoms with van der Waals surface area (Å²) >= 11 is 0. The number of aromatic nitrogens is 2. The van der Waals surface area contributed by atoms with Gasteiger partial charge < -0.3 is 10.2 Å². The largest absolute Gasteiger partial charge is 0.322 e. The maximum absolute atomic E-state index is 12.8. The number of anilines is 1. The van der Waals surface area contributed by atoms with E-state index in [4.69, 9.17) is 0 Å². The Kier molecular flexibility index (Phi) is 3.98. The number of fused-ring (bicyclic) bond motifs is 1. The zero-order valence-electron chi connectivity index (χ0n) is 14.1. The van der Waals surface area contributed by atoms with E-state index in [9.17, 15) is 4.79 Å². The number of urea groups is 1. The van der Waals surface area contributed by atoms with Crippen LogP contribution >= 0.6 is 0 Å². The standard InChI is InChI=1S/C20H20N4O/c1-23-12-16(11-21-23)19-14-24(13-15-7-5-6-10-18(15)19)20(25)22-17-8-3-2-4-9-17/h2-12,19H,13-14H2,1H3,(H,22,25). The van der Waals surface area contributed by atoms with Gasteiger partial charge >= 0.3 is 6.03 Å². The first-order valence-electron chi connectivity index (χ1n) is 8.38. The lowest BCUT2D eigenvalue weighted by Crippen LogP contribution is -2.41. The van der Waals surface area contributed by atoms with Crippen LogP contribution in [0.3, 0.4) is 0 Å². The average Bonchev–Trinajstić information content (AvgIpc) is 3.08. The average molecular weight is 332 g/mol. The van der Waals surface area contributed by atoms with Crippen molar-refractivity contribution >= 4 is 11.7 Å². The molecule has 0 saturated heterocycles. The SMILES string of the molecule is Cn1cc(C2CN(C(=O)Nc3ccccc3)Cc3ccccc32)cn1. The Balaban J connectivity index is 1.62. The third kappa shape index (κ3) is 3.13. The molecule has 25 heavy (non-hydrogen) atoms. The van der Waals surface area contributed by atoms with E-state index in [1.165, 1.54) is 11.1 Å². The number of rotatable bonds is 2. The molecule has 1 aromatic heterocycles. The molecule has 1 aliphatic rings. The zero-order chi connectivity index (χ0) is 17.2. The van der Waals surface area contributed by atoms with Gasteiger partial charge in [-0.15, -0.1) is 0 Å². The van der Waals surface area contributed by atoms with Crippen molar-refractivity contribution in [2.75, 3.05) is 11.9 Å². The summed E-state index contributed by atoms with van der Waals surface area (Å²) in [7, 11) is 1.91. The van der Waals surface area contributed by atoms with Gasteiger partial charge in [0.05, 0.1) is 6.20 Å². The fraction of sp³-hybridized carbons (Fsp3) is 0.200. The normalized spacial score (nSPS) is 16.4. The fourth-order valence-electron chi connectivity index (χ4n) is 3.39. The molecule has 0 spiro atoms. The van der Waals surface area contributed by atoms with Crippen molar-refractivity contribution in [3.63, 3.8) is 0 Å². The summed E-state index contributed by atoms with van der Waals surface area (Å²) in [6.45, 7) is 1.26. The Bertz CT molecular complexity index is 887. The van der Waals surface area contributed by atoms with E-state index in [2.05, 4.69) is 28.6 Å². The van der Waals surface area contributed by atoms with Crippen LogP contribution < -0.4 is 5.32 Å². The van der Waals surface area contributed by atoms with E-state index in [1.54, 1.807) is 4.68 Å². The number of benzene rings is 2. The van der Waals surface area contributed by atoms with Gasteiger partial charge in [0.25, 0.3) is 0 Å². The van der Waals surface area contributed by atoms with Crippen LogP contribution in [0.4, 0.5) is 10.5 Å². The van der Waals surface area contributed by atoms with Crippen molar-refractivity contribution < 1.29 is 4.79 Å². The van der Waals surface area contributed by atoms with Gasteiger partial charge in [0.2, 0.25) is 0 Å². The summed E-state index contributed by atoms with van der Waals surface area (Å²) in [5.74, 6) is 0.139. The number of carbonyl (C=O) groups is 1.